The second kappa shape index (κ2) is 5.87. The maximum absolute atomic E-state index is 6.36. The van der Waals surface area contributed by atoms with Gasteiger partial charge in [0, 0.05) is 6.20 Å². The Hall–Kier alpha value is -1.28. The van der Waals surface area contributed by atoms with E-state index in [1.807, 2.05) is 6.07 Å². The van der Waals surface area contributed by atoms with Crippen LogP contribution in [-0.4, -0.2) is 10.2 Å². The standard InChI is InChI=1S/C14H17ClN2/c1-2-3-4-11-5-7-12(8-6-11)14(15)13-9-10-16-17-13/h5-10,14H,2-4H2,1H3,(H,16,17). The Kier molecular flexibility index (Phi) is 4.21. The molecule has 1 unspecified atom stereocenters. The number of nitrogens with zero attached hydrogens (tertiary/aromatic N) is 1. The third kappa shape index (κ3) is 3.10. The number of aryl methyl sites for hydroxylation is 1. The Balaban J connectivity index is 2.07. The summed E-state index contributed by atoms with van der Waals surface area (Å²) >= 11 is 6.36. The normalized spacial score (nSPS) is 12.6. The number of nitrogens with one attached hydrogen (secondary N) is 1. The molecule has 2 aromatic rings. The zero-order chi connectivity index (χ0) is 12.1. The third-order valence-corrected chi connectivity index (χ3v) is 3.37. The van der Waals surface area contributed by atoms with Gasteiger partial charge in [-0.2, -0.15) is 5.10 Å². The Morgan fingerprint density at radius 2 is 2.00 bits per heavy atom. The van der Waals surface area contributed by atoms with Crippen LogP contribution in [0, 0.1) is 0 Å². The SMILES string of the molecule is CCCCc1ccc(C(Cl)c2ccn[nH]2)cc1. The summed E-state index contributed by atoms with van der Waals surface area (Å²) in [6.07, 6.45) is 5.34. The van der Waals surface area contributed by atoms with Gasteiger partial charge in [0.1, 0.15) is 5.38 Å². The minimum atomic E-state index is -0.141. The van der Waals surface area contributed by atoms with Gasteiger partial charge in [-0.1, -0.05) is 37.6 Å². The summed E-state index contributed by atoms with van der Waals surface area (Å²) in [5.74, 6) is 0. The van der Waals surface area contributed by atoms with Crippen LogP contribution in [0.4, 0.5) is 0 Å². The smallest absolute Gasteiger partial charge is 0.100 e. The number of hydrogen-bond acceptors (Lipinski definition) is 1. The number of aromatic amines is 1. The average Bonchev–Trinajstić information content (AvgIpc) is 2.90. The highest BCUT2D eigenvalue weighted by molar-refractivity contribution is 6.22. The van der Waals surface area contributed by atoms with Crippen LogP contribution < -0.4 is 0 Å². The van der Waals surface area contributed by atoms with E-state index < -0.39 is 0 Å². The van der Waals surface area contributed by atoms with E-state index in [0.717, 1.165) is 17.7 Å². The first-order valence-corrected chi connectivity index (χ1v) is 6.47. The molecule has 1 atom stereocenters. The molecule has 0 saturated heterocycles. The van der Waals surface area contributed by atoms with Crippen molar-refractivity contribution >= 4 is 11.6 Å². The van der Waals surface area contributed by atoms with Gasteiger partial charge >= 0.3 is 0 Å². The molecule has 3 heteroatoms. The van der Waals surface area contributed by atoms with E-state index >= 15 is 0 Å². The van der Waals surface area contributed by atoms with Crippen LogP contribution in [-0.2, 0) is 6.42 Å². The van der Waals surface area contributed by atoms with E-state index in [4.69, 9.17) is 11.6 Å². The van der Waals surface area contributed by atoms with E-state index in [9.17, 15) is 0 Å². The van der Waals surface area contributed by atoms with Gasteiger partial charge in [0.15, 0.2) is 0 Å². The van der Waals surface area contributed by atoms with Crippen molar-refractivity contribution in [1.82, 2.24) is 10.2 Å². The van der Waals surface area contributed by atoms with E-state index in [0.29, 0.717) is 0 Å². The average molecular weight is 249 g/mol. The molecule has 0 fully saturated rings. The molecule has 1 aromatic heterocycles. The lowest BCUT2D eigenvalue weighted by atomic mass is 10.0. The quantitative estimate of drug-likeness (QED) is 0.794. The summed E-state index contributed by atoms with van der Waals surface area (Å²) in [6.45, 7) is 2.21. The fourth-order valence-electron chi connectivity index (χ4n) is 1.82. The molecule has 0 spiro atoms. The van der Waals surface area contributed by atoms with Crippen LogP contribution in [0.15, 0.2) is 36.5 Å². The largest absolute Gasteiger partial charge is 0.281 e. The Morgan fingerprint density at radius 1 is 1.24 bits per heavy atom. The van der Waals surface area contributed by atoms with Crippen LogP contribution in [0.1, 0.15) is 42.0 Å². The second-order valence-corrected chi connectivity index (χ2v) is 4.66. The lowest BCUT2D eigenvalue weighted by Gasteiger charge is -2.08. The highest BCUT2D eigenvalue weighted by atomic mass is 35.5. The molecular formula is C14H17ClN2. The molecular weight excluding hydrogens is 232 g/mol. The number of rotatable bonds is 5. The number of aromatic nitrogens is 2. The molecule has 1 N–H and O–H groups in total. The van der Waals surface area contributed by atoms with Crippen molar-refractivity contribution in [3.8, 4) is 0 Å². The predicted molar refractivity (Wildman–Crippen MR) is 71.3 cm³/mol. The fourth-order valence-corrected chi connectivity index (χ4v) is 2.09. The van der Waals surface area contributed by atoms with Gasteiger partial charge in [-0.25, -0.2) is 0 Å². The van der Waals surface area contributed by atoms with Crippen molar-refractivity contribution in [1.29, 1.82) is 0 Å². The first kappa shape index (κ1) is 12.2. The van der Waals surface area contributed by atoms with Crippen LogP contribution in [0.2, 0.25) is 0 Å². The lowest BCUT2D eigenvalue weighted by Crippen LogP contribution is -1.94. The number of H-pyrrole nitrogens is 1. The number of hydrogen-bond donors (Lipinski definition) is 1. The summed E-state index contributed by atoms with van der Waals surface area (Å²) < 4.78 is 0. The third-order valence-electron chi connectivity index (χ3n) is 2.89. The van der Waals surface area contributed by atoms with Crippen molar-refractivity contribution in [3.63, 3.8) is 0 Å². The van der Waals surface area contributed by atoms with Crippen LogP contribution in [0.5, 0.6) is 0 Å². The fraction of sp³-hybridized carbons (Fsp3) is 0.357. The van der Waals surface area contributed by atoms with Crippen molar-refractivity contribution in [2.24, 2.45) is 0 Å². The molecule has 0 amide bonds. The van der Waals surface area contributed by atoms with Crippen LogP contribution in [0.3, 0.4) is 0 Å². The van der Waals surface area contributed by atoms with Crippen molar-refractivity contribution in [3.05, 3.63) is 53.3 Å². The van der Waals surface area contributed by atoms with E-state index in [2.05, 4.69) is 41.4 Å². The summed E-state index contributed by atoms with van der Waals surface area (Å²) in [7, 11) is 0. The zero-order valence-corrected chi connectivity index (χ0v) is 10.7. The van der Waals surface area contributed by atoms with Crippen molar-refractivity contribution in [2.45, 2.75) is 31.6 Å². The minimum absolute atomic E-state index is 0.141. The molecule has 0 aliphatic heterocycles. The topological polar surface area (TPSA) is 28.7 Å². The van der Waals surface area contributed by atoms with Gasteiger partial charge in [0.05, 0.1) is 5.69 Å². The molecule has 2 nitrogen and oxygen atoms in total. The minimum Gasteiger partial charge on any atom is -0.281 e. The molecule has 0 bridgehead atoms. The second-order valence-electron chi connectivity index (χ2n) is 4.22. The van der Waals surface area contributed by atoms with Crippen molar-refractivity contribution in [2.75, 3.05) is 0 Å². The van der Waals surface area contributed by atoms with Gasteiger partial charge in [-0.3, -0.25) is 5.10 Å². The maximum atomic E-state index is 6.36. The summed E-state index contributed by atoms with van der Waals surface area (Å²) in [4.78, 5) is 0. The Bertz CT molecular complexity index is 434. The summed E-state index contributed by atoms with van der Waals surface area (Å²) in [5.41, 5.74) is 3.42. The first-order valence-electron chi connectivity index (χ1n) is 6.03. The van der Waals surface area contributed by atoms with E-state index in [-0.39, 0.29) is 5.38 Å². The van der Waals surface area contributed by atoms with Crippen molar-refractivity contribution < 1.29 is 0 Å². The Labute approximate surface area is 107 Å². The van der Waals surface area contributed by atoms with E-state index in [1.54, 1.807) is 6.20 Å². The lowest BCUT2D eigenvalue weighted by molar-refractivity contribution is 0.794. The molecule has 2 rings (SSSR count). The first-order chi connectivity index (χ1) is 8.31. The molecule has 0 radical (unpaired) electrons. The number of alkyl halides is 1. The van der Waals surface area contributed by atoms with Gasteiger partial charge in [-0.05, 0) is 30.0 Å². The molecule has 90 valence electrons. The molecule has 0 saturated carbocycles. The number of benzene rings is 1. The highest BCUT2D eigenvalue weighted by Gasteiger charge is 2.11. The molecule has 0 aliphatic carbocycles. The summed E-state index contributed by atoms with van der Waals surface area (Å²) in [6, 6.07) is 10.4. The maximum Gasteiger partial charge on any atom is 0.100 e. The monoisotopic (exact) mass is 248 g/mol. The molecule has 1 aromatic carbocycles. The van der Waals surface area contributed by atoms with Gasteiger partial charge in [0.25, 0.3) is 0 Å². The summed E-state index contributed by atoms with van der Waals surface area (Å²) in [5, 5.41) is 6.68. The van der Waals surface area contributed by atoms with Gasteiger partial charge in [0.2, 0.25) is 0 Å². The van der Waals surface area contributed by atoms with Gasteiger partial charge < -0.3 is 0 Å². The number of halogens is 1. The predicted octanol–water partition coefficient (Wildman–Crippen LogP) is 4.08. The van der Waals surface area contributed by atoms with Gasteiger partial charge in [-0.15, -0.1) is 11.6 Å². The Morgan fingerprint density at radius 3 is 2.59 bits per heavy atom. The molecule has 1 heterocycles. The molecule has 0 aliphatic rings. The van der Waals surface area contributed by atoms with Crippen LogP contribution in [0.25, 0.3) is 0 Å². The number of unbranched alkanes of at least 4 members (excludes halogenated alkanes) is 1. The van der Waals surface area contributed by atoms with E-state index in [1.165, 1.54) is 18.4 Å². The zero-order valence-electron chi connectivity index (χ0n) is 9.99. The molecule has 17 heavy (non-hydrogen) atoms. The van der Waals surface area contributed by atoms with Crippen LogP contribution >= 0.6 is 11.6 Å². The highest BCUT2D eigenvalue weighted by Crippen LogP contribution is 2.27.